The molecule has 0 radical (unpaired) electrons. The van der Waals surface area contributed by atoms with Gasteiger partial charge in [-0.1, -0.05) is 15.9 Å². The average molecular weight is 449 g/mol. The number of carbonyl (C=O) groups excluding carboxylic acids is 1. The lowest BCUT2D eigenvalue weighted by Crippen LogP contribution is -2.43. The van der Waals surface area contributed by atoms with Gasteiger partial charge in [0, 0.05) is 34.7 Å². The second-order valence-electron chi connectivity index (χ2n) is 6.50. The van der Waals surface area contributed by atoms with Crippen LogP contribution >= 0.6 is 15.9 Å². The van der Waals surface area contributed by atoms with Gasteiger partial charge in [0.25, 0.3) is 0 Å². The van der Waals surface area contributed by atoms with Crippen LogP contribution in [0.1, 0.15) is 18.5 Å². The van der Waals surface area contributed by atoms with Gasteiger partial charge in [-0.2, -0.15) is 13.2 Å². The van der Waals surface area contributed by atoms with Crippen molar-refractivity contribution in [3.05, 3.63) is 34.2 Å². The molecule has 1 aliphatic rings. The Bertz CT molecular complexity index is 866. The van der Waals surface area contributed by atoms with Gasteiger partial charge in [-0.15, -0.1) is 0 Å². The minimum Gasteiger partial charge on any atom is -0.382 e. The summed E-state index contributed by atoms with van der Waals surface area (Å²) in [4.78, 5) is 16.3. The van der Waals surface area contributed by atoms with Crippen molar-refractivity contribution in [2.45, 2.75) is 25.1 Å². The van der Waals surface area contributed by atoms with Gasteiger partial charge in [0.1, 0.15) is 11.2 Å². The predicted octanol–water partition coefficient (Wildman–Crippen LogP) is 3.52. The van der Waals surface area contributed by atoms with Crippen molar-refractivity contribution in [3.8, 4) is 0 Å². The summed E-state index contributed by atoms with van der Waals surface area (Å²) in [7, 11) is 0. The highest BCUT2D eigenvalue weighted by molar-refractivity contribution is 9.10. The van der Waals surface area contributed by atoms with Crippen LogP contribution in [-0.2, 0) is 11.0 Å². The van der Waals surface area contributed by atoms with E-state index in [1.807, 2.05) is 4.90 Å². The Labute approximate surface area is 161 Å². The molecule has 1 aromatic heterocycles. The number of hydrogen-bond acceptors (Lipinski definition) is 4. The summed E-state index contributed by atoms with van der Waals surface area (Å²) in [6.07, 6.45) is -3.45. The molecule has 5 nitrogen and oxygen atoms in total. The fourth-order valence-corrected chi connectivity index (χ4v) is 3.62. The van der Waals surface area contributed by atoms with E-state index in [-0.39, 0.29) is 29.2 Å². The maximum absolute atomic E-state index is 14.2. The van der Waals surface area contributed by atoms with E-state index in [9.17, 15) is 22.4 Å². The van der Waals surface area contributed by atoms with Crippen LogP contribution in [0.3, 0.4) is 0 Å². The monoisotopic (exact) mass is 448 g/mol. The molecule has 0 bridgehead atoms. The van der Waals surface area contributed by atoms with E-state index in [4.69, 9.17) is 5.73 Å². The normalized spacial score (nSPS) is 16.6. The van der Waals surface area contributed by atoms with Crippen molar-refractivity contribution in [2.24, 2.45) is 5.73 Å². The summed E-state index contributed by atoms with van der Waals surface area (Å²) in [5.41, 5.74) is 3.88. The number of rotatable bonds is 4. The first-order chi connectivity index (χ1) is 12.6. The Hall–Kier alpha value is -1.94. The summed E-state index contributed by atoms with van der Waals surface area (Å²) in [5.74, 6) is -1.25. The van der Waals surface area contributed by atoms with E-state index >= 15 is 0 Å². The Balaban J connectivity index is 1.90. The molecule has 1 amide bonds. The molecule has 2 aromatic rings. The molecule has 27 heavy (non-hydrogen) atoms. The minimum atomic E-state index is -4.69. The fraction of sp³-hybridized carbons (Fsp3) is 0.412. The lowest BCUT2D eigenvalue weighted by Gasteiger charge is -2.32. The van der Waals surface area contributed by atoms with Crippen LogP contribution < -0.4 is 11.1 Å². The number of piperidine rings is 1. The van der Waals surface area contributed by atoms with Crippen LogP contribution in [0.15, 0.2) is 22.7 Å². The third-order valence-corrected chi connectivity index (χ3v) is 4.91. The predicted molar refractivity (Wildman–Crippen MR) is 96.7 cm³/mol. The highest BCUT2D eigenvalue weighted by Crippen LogP contribution is 2.35. The zero-order chi connectivity index (χ0) is 19.8. The van der Waals surface area contributed by atoms with E-state index < -0.39 is 23.6 Å². The molecule has 2 heterocycles. The number of anilines is 1. The van der Waals surface area contributed by atoms with Crippen LogP contribution in [0.2, 0.25) is 0 Å². The lowest BCUT2D eigenvalue weighted by molar-refractivity contribution is -0.140. The van der Waals surface area contributed by atoms with Gasteiger partial charge >= 0.3 is 6.18 Å². The standard InChI is InChI=1S/C17H17BrF4N4O/c18-9-5-11-13(24-10-1-3-26(4-2-10)8-15(23)27)7-14(17(20,21)22)25-16(11)12(19)6-9/h5-7,10H,1-4,8H2,(H2,23,27)(H,24,25). The smallest absolute Gasteiger partial charge is 0.382 e. The highest BCUT2D eigenvalue weighted by Gasteiger charge is 2.34. The van der Waals surface area contributed by atoms with Crippen molar-refractivity contribution >= 4 is 38.4 Å². The second-order valence-corrected chi connectivity index (χ2v) is 7.41. The average Bonchev–Trinajstić information content (AvgIpc) is 2.55. The number of amides is 1. The van der Waals surface area contributed by atoms with Crippen molar-refractivity contribution in [2.75, 3.05) is 25.0 Å². The van der Waals surface area contributed by atoms with Crippen molar-refractivity contribution in [1.82, 2.24) is 9.88 Å². The third-order valence-electron chi connectivity index (χ3n) is 4.45. The van der Waals surface area contributed by atoms with Crippen molar-refractivity contribution in [3.63, 3.8) is 0 Å². The number of aromatic nitrogens is 1. The number of fused-ring (bicyclic) bond motifs is 1. The van der Waals surface area contributed by atoms with Crippen LogP contribution in [-0.4, -0.2) is 41.5 Å². The number of hydrogen-bond donors (Lipinski definition) is 2. The molecule has 1 aromatic carbocycles. The number of nitrogens with two attached hydrogens (primary N) is 1. The third kappa shape index (κ3) is 4.67. The maximum atomic E-state index is 14.2. The zero-order valence-corrected chi connectivity index (χ0v) is 15.7. The Morgan fingerprint density at radius 2 is 1.96 bits per heavy atom. The van der Waals surface area contributed by atoms with Crippen molar-refractivity contribution < 1.29 is 22.4 Å². The summed E-state index contributed by atoms with van der Waals surface area (Å²) >= 11 is 3.16. The van der Waals surface area contributed by atoms with Crippen LogP contribution in [0.4, 0.5) is 23.2 Å². The fourth-order valence-electron chi connectivity index (χ4n) is 3.19. The molecule has 1 aliphatic heterocycles. The number of nitrogens with one attached hydrogen (secondary N) is 1. The first-order valence-electron chi connectivity index (χ1n) is 8.27. The number of pyridine rings is 1. The van der Waals surface area contributed by atoms with Crippen LogP contribution in [0.5, 0.6) is 0 Å². The molecule has 1 saturated heterocycles. The molecule has 0 spiro atoms. The number of nitrogens with zero attached hydrogens (tertiary/aromatic N) is 2. The number of halogens is 5. The lowest BCUT2D eigenvalue weighted by atomic mass is 10.0. The second kappa shape index (κ2) is 7.59. The highest BCUT2D eigenvalue weighted by atomic mass is 79.9. The minimum absolute atomic E-state index is 0.108. The molecule has 0 saturated carbocycles. The Morgan fingerprint density at radius 1 is 1.30 bits per heavy atom. The number of likely N-dealkylation sites (tertiary alicyclic amines) is 1. The quantitative estimate of drug-likeness (QED) is 0.702. The zero-order valence-electron chi connectivity index (χ0n) is 14.1. The topological polar surface area (TPSA) is 71.2 Å². The molecule has 0 aliphatic carbocycles. The van der Waals surface area contributed by atoms with E-state index in [0.29, 0.717) is 30.4 Å². The SMILES string of the molecule is NC(=O)CN1CCC(Nc2cc(C(F)(F)F)nc3c(F)cc(Br)cc23)CC1. The first-order valence-corrected chi connectivity index (χ1v) is 9.07. The summed E-state index contributed by atoms with van der Waals surface area (Å²) < 4.78 is 54.2. The van der Waals surface area contributed by atoms with E-state index in [0.717, 1.165) is 12.1 Å². The summed E-state index contributed by atoms with van der Waals surface area (Å²) in [5, 5.41) is 3.37. The molecule has 10 heteroatoms. The van der Waals surface area contributed by atoms with E-state index in [1.54, 1.807) is 0 Å². The largest absolute Gasteiger partial charge is 0.433 e. The maximum Gasteiger partial charge on any atom is 0.433 e. The Morgan fingerprint density at radius 3 is 2.56 bits per heavy atom. The van der Waals surface area contributed by atoms with Gasteiger partial charge in [0.05, 0.1) is 6.54 Å². The van der Waals surface area contributed by atoms with Gasteiger partial charge in [-0.25, -0.2) is 9.37 Å². The van der Waals surface area contributed by atoms with Gasteiger partial charge in [-0.05, 0) is 31.0 Å². The molecular formula is C17H17BrF4N4O. The molecule has 0 unspecified atom stereocenters. The number of alkyl halides is 3. The van der Waals surface area contributed by atoms with Crippen LogP contribution in [0, 0.1) is 5.82 Å². The van der Waals surface area contributed by atoms with Gasteiger partial charge in [0.2, 0.25) is 5.91 Å². The van der Waals surface area contributed by atoms with Crippen LogP contribution in [0.25, 0.3) is 10.9 Å². The van der Waals surface area contributed by atoms with Gasteiger partial charge < -0.3 is 11.1 Å². The first kappa shape index (κ1) is 19.8. The number of carbonyl (C=O) groups is 1. The van der Waals surface area contributed by atoms with E-state index in [1.165, 1.54) is 6.07 Å². The van der Waals surface area contributed by atoms with Gasteiger partial charge in [0.15, 0.2) is 5.82 Å². The summed E-state index contributed by atoms with van der Waals surface area (Å²) in [6.45, 7) is 1.34. The molecule has 0 atom stereocenters. The molecular weight excluding hydrogens is 432 g/mol. The van der Waals surface area contributed by atoms with Crippen molar-refractivity contribution in [1.29, 1.82) is 0 Å². The summed E-state index contributed by atoms with van der Waals surface area (Å²) in [6, 6.07) is 3.42. The molecule has 146 valence electrons. The molecule has 3 N–H and O–H groups in total. The Kier molecular flexibility index (Phi) is 5.57. The van der Waals surface area contributed by atoms with Gasteiger partial charge in [-0.3, -0.25) is 9.69 Å². The molecule has 3 rings (SSSR count). The molecule has 1 fully saturated rings. The van der Waals surface area contributed by atoms with E-state index in [2.05, 4.69) is 26.2 Å². The number of primary amides is 1. The number of benzene rings is 1.